The Morgan fingerprint density at radius 1 is 1.47 bits per heavy atom. The van der Waals surface area contributed by atoms with Crippen molar-refractivity contribution < 1.29 is 14.3 Å². The molecule has 0 radical (unpaired) electrons. The Labute approximate surface area is 112 Å². The second-order valence-corrected chi connectivity index (χ2v) is 4.53. The molecule has 102 valence electrons. The molecule has 1 amide bonds. The number of amides is 1. The largest absolute Gasteiger partial charge is 0.464 e. The third kappa shape index (κ3) is 2.93. The average Bonchev–Trinajstić information content (AvgIpc) is 2.81. The molecular formula is C14H18N2O3. The van der Waals surface area contributed by atoms with Gasteiger partial charge in [0.15, 0.2) is 6.04 Å². The Hall–Kier alpha value is -1.88. The number of esters is 1. The van der Waals surface area contributed by atoms with Crippen molar-refractivity contribution in [1.29, 1.82) is 0 Å². The average molecular weight is 262 g/mol. The van der Waals surface area contributed by atoms with Crippen molar-refractivity contribution in [1.82, 2.24) is 5.32 Å². The second kappa shape index (κ2) is 5.84. The standard InChI is InChI=1S/C14H18N2O3/c1-2-19-14(18)12(15)13(17)16-11-8-7-9-5-3-4-6-10(9)11/h3-6,11-12H,2,7-8,15H2,1H3,(H,16,17). The summed E-state index contributed by atoms with van der Waals surface area (Å²) in [4.78, 5) is 23.3. The fourth-order valence-corrected chi connectivity index (χ4v) is 2.31. The fourth-order valence-electron chi connectivity index (χ4n) is 2.31. The molecule has 0 saturated heterocycles. The van der Waals surface area contributed by atoms with E-state index in [4.69, 9.17) is 10.5 Å². The maximum atomic E-state index is 11.9. The van der Waals surface area contributed by atoms with Crippen LogP contribution in [0.25, 0.3) is 0 Å². The van der Waals surface area contributed by atoms with Crippen LogP contribution >= 0.6 is 0 Å². The van der Waals surface area contributed by atoms with E-state index in [0.717, 1.165) is 18.4 Å². The Morgan fingerprint density at radius 2 is 2.21 bits per heavy atom. The molecule has 1 aliphatic rings. The molecule has 5 heteroatoms. The van der Waals surface area contributed by atoms with Crippen LogP contribution in [-0.2, 0) is 20.7 Å². The smallest absolute Gasteiger partial charge is 0.332 e. The van der Waals surface area contributed by atoms with Crippen LogP contribution in [0.4, 0.5) is 0 Å². The van der Waals surface area contributed by atoms with Crippen molar-refractivity contribution in [2.45, 2.75) is 31.8 Å². The summed E-state index contributed by atoms with van der Waals surface area (Å²) in [5.41, 5.74) is 7.90. The van der Waals surface area contributed by atoms with Crippen molar-refractivity contribution in [3.63, 3.8) is 0 Å². The van der Waals surface area contributed by atoms with Crippen LogP contribution in [0, 0.1) is 0 Å². The van der Waals surface area contributed by atoms with E-state index >= 15 is 0 Å². The lowest BCUT2D eigenvalue weighted by molar-refractivity contribution is -0.148. The van der Waals surface area contributed by atoms with Gasteiger partial charge in [0.1, 0.15) is 0 Å². The lowest BCUT2D eigenvalue weighted by Gasteiger charge is -2.17. The number of carbonyl (C=O) groups excluding carboxylic acids is 2. The summed E-state index contributed by atoms with van der Waals surface area (Å²) in [6.07, 6.45) is 1.76. The molecule has 3 N–H and O–H groups in total. The number of ether oxygens (including phenoxy) is 1. The maximum absolute atomic E-state index is 11.9. The molecule has 2 rings (SSSR count). The summed E-state index contributed by atoms with van der Waals surface area (Å²) in [6.45, 7) is 1.89. The number of hydrogen-bond acceptors (Lipinski definition) is 4. The molecule has 0 saturated carbocycles. The molecule has 1 aliphatic carbocycles. The van der Waals surface area contributed by atoms with Crippen LogP contribution in [0.5, 0.6) is 0 Å². The summed E-state index contributed by atoms with van der Waals surface area (Å²) in [5, 5.41) is 2.81. The molecule has 2 atom stereocenters. The minimum Gasteiger partial charge on any atom is -0.464 e. The third-order valence-corrected chi connectivity index (χ3v) is 3.27. The molecule has 1 aromatic rings. The van der Waals surface area contributed by atoms with Crippen molar-refractivity contribution in [2.75, 3.05) is 6.61 Å². The number of nitrogens with one attached hydrogen (secondary N) is 1. The van der Waals surface area contributed by atoms with Gasteiger partial charge in [0.25, 0.3) is 0 Å². The van der Waals surface area contributed by atoms with Gasteiger partial charge in [-0.1, -0.05) is 24.3 Å². The van der Waals surface area contributed by atoms with Crippen molar-refractivity contribution in [3.8, 4) is 0 Å². The van der Waals surface area contributed by atoms with Crippen LogP contribution in [0.2, 0.25) is 0 Å². The zero-order chi connectivity index (χ0) is 13.8. The zero-order valence-electron chi connectivity index (χ0n) is 10.9. The molecule has 1 aromatic carbocycles. The van der Waals surface area contributed by atoms with Gasteiger partial charge >= 0.3 is 5.97 Å². The Balaban J connectivity index is 1.99. The number of fused-ring (bicyclic) bond motifs is 1. The number of hydrogen-bond donors (Lipinski definition) is 2. The number of carbonyl (C=O) groups is 2. The first-order chi connectivity index (χ1) is 9.13. The van der Waals surface area contributed by atoms with Gasteiger partial charge < -0.3 is 15.8 Å². The van der Waals surface area contributed by atoms with Gasteiger partial charge in [0, 0.05) is 0 Å². The van der Waals surface area contributed by atoms with Gasteiger partial charge in [-0.05, 0) is 30.9 Å². The van der Waals surface area contributed by atoms with E-state index in [0.29, 0.717) is 0 Å². The Kier molecular flexibility index (Phi) is 4.16. The highest BCUT2D eigenvalue weighted by Gasteiger charge is 2.29. The number of rotatable bonds is 4. The van der Waals surface area contributed by atoms with Gasteiger partial charge in [-0.25, -0.2) is 4.79 Å². The Bertz CT molecular complexity index is 487. The van der Waals surface area contributed by atoms with Gasteiger partial charge in [-0.15, -0.1) is 0 Å². The summed E-state index contributed by atoms with van der Waals surface area (Å²) in [5.74, 6) is -1.17. The fraction of sp³-hybridized carbons (Fsp3) is 0.429. The summed E-state index contributed by atoms with van der Waals surface area (Å²) < 4.78 is 4.73. The predicted octanol–water partition coefficient (Wildman–Crippen LogP) is 0.681. The highest BCUT2D eigenvalue weighted by molar-refractivity contribution is 6.01. The van der Waals surface area contributed by atoms with Crippen LogP contribution in [0.3, 0.4) is 0 Å². The van der Waals surface area contributed by atoms with E-state index in [1.54, 1.807) is 6.92 Å². The van der Waals surface area contributed by atoms with Crippen LogP contribution < -0.4 is 11.1 Å². The lowest BCUT2D eigenvalue weighted by atomic mass is 10.1. The van der Waals surface area contributed by atoms with E-state index in [1.807, 2.05) is 24.3 Å². The lowest BCUT2D eigenvalue weighted by Crippen LogP contribution is -2.47. The SMILES string of the molecule is CCOC(=O)C(N)C(=O)NC1CCc2ccccc21. The molecule has 0 aliphatic heterocycles. The van der Waals surface area contributed by atoms with Gasteiger partial charge in [0.2, 0.25) is 5.91 Å². The van der Waals surface area contributed by atoms with E-state index in [-0.39, 0.29) is 12.6 Å². The van der Waals surface area contributed by atoms with Crippen molar-refractivity contribution in [2.24, 2.45) is 5.73 Å². The topological polar surface area (TPSA) is 81.4 Å². The predicted molar refractivity (Wildman–Crippen MR) is 70.3 cm³/mol. The molecule has 2 unspecified atom stereocenters. The molecule has 0 bridgehead atoms. The summed E-state index contributed by atoms with van der Waals surface area (Å²) in [7, 11) is 0. The molecule has 19 heavy (non-hydrogen) atoms. The van der Waals surface area contributed by atoms with E-state index < -0.39 is 17.9 Å². The summed E-state index contributed by atoms with van der Waals surface area (Å²) in [6, 6.07) is 6.63. The summed E-state index contributed by atoms with van der Waals surface area (Å²) >= 11 is 0. The third-order valence-electron chi connectivity index (χ3n) is 3.27. The van der Waals surface area contributed by atoms with Crippen LogP contribution in [0.15, 0.2) is 24.3 Å². The first kappa shape index (κ1) is 13.5. The highest BCUT2D eigenvalue weighted by atomic mass is 16.5. The maximum Gasteiger partial charge on any atom is 0.332 e. The molecule has 5 nitrogen and oxygen atoms in total. The minimum atomic E-state index is -1.26. The molecule has 0 heterocycles. The first-order valence-corrected chi connectivity index (χ1v) is 6.44. The zero-order valence-corrected chi connectivity index (χ0v) is 10.9. The number of aryl methyl sites for hydroxylation is 1. The second-order valence-electron chi connectivity index (χ2n) is 4.53. The molecule has 0 fully saturated rings. The van der Waals surface area contributed by atoms with Gasteiger partial charge in [-0.2, -0.15) is 0 Å². The molecular weight excluding hydrogens is 244 g/mol. The van der Waals surface area contributed by atoms with Gasteiger partial charge in [-0.3, -0.25) is 4.79 Å². The van der Waals surface area contributed by atoms with E-state index in [1.165, 1.54) is 5.56 Å². The first-order valence-electron chi connectivity index (χ1n) is 6.44. The Morgan fingerprint density at radius 3 is 2.95 bits per heavy atom. The molecule has 0 aromatic heterocycles. The van der Waals surface area contributed by atoms with E-state index in [9.17, 15) is 9.59 Å². The number of benzene rings is 1. The normalized spacial score (nSPS) is 18.5. The van der Waals surface area contributed by atoms with Crippen molar-refractivity contribution in [3.05, 3.63) is 35.4 Å². The highest BCUT2D eigenvalue weighted by Crippen LogP contribution is 2.30. The minimum absolute atomic E-state index is 0.0656. The van der Waals surface area contributed by atoms with Crippen molar-refractivity contribution >= 4 is 11.9 Å². The number of nitrogens with two attached hydrogens (primary N) is 1. The quantitative estimate of drug-likeness (QED) is 0.617. The van der Waals surface area contributed by atoms with Crippen LogP contribution in [-0.4, -0.2) is 24.5 Å². The monoisotopic (exact) mass is 262 g/mol. The van der Waals surface area contributed by atoms with E-state index in [2.05, 4.69) is 5.32 Å². The molecule has 0 spiro atoms. The van der Waals surface area contributed by atoms with Gasteiger partial charge in [0.05, 0.1) is 12.6 Å². The van der Waals surface area contributed by atoms with Crippen LogP contribution in [0.1, 0.15) is 30.5 Å².